The summed E-state index contributed by atoms with van der Waals surface area (Å²) in [6.45, 7) is 1.86. The van der Waals surface area contributed by atoms with E-state index in [4.69, 9.17) is 9.47 Å². The van der Waals surface area contributed by atoms with Crippen LogP contribution in [0.2, 0.25) is 0 Å². The molecule has 4 heteroatoms. The average molecular weight is 287 g/mol. The van der Waals surface area contributed by atoms with Crippen LogP contribution >= 0.6 is 0 Å². The number of allylic oxidation sites excluding steroid dienone is 1. The molecule has 3 rings (SSSR count). The van der Waals surface area contributed by atoms with Gasteiger partial charge in [0, 0.05) is 32.3 Å². The van der Waals surface area contributed by atoms with Gasteiger partial charge in [0.05, 0.1) is 0 Å². The molecule has 1 atom stereocenters. The Balaban J connectivity index is 2.04. The highest BCUT2D eigenvalue weighted by molar-refractivity contribution is 5.41. The highest BCUT2D eigenvalue weighted by atomic mass is 16.7. The second kappa shape index (κ2) is 4.81. The van der Waals surface area contributed by atoms with Gasteiger partial charge in [-0.1, -0.05) is 24.3 Å². The third-order valence-electron chi connectivity index (χ3n) is 4.27. The molecule has 1 aromatic rings. The summed E-state index contributed by atoms with van der Waals surface area (Å²) in [4.78, 5) is 2.05. The topological polar surface area (TPSA) is 41.9 Å². The predicted octanol–water partition coefficient (Wildman–Crippen LogP) is 2.80. The molecule has 21 heavy (non-hydrogen) atoms. The van der Waals surface area contributed by atoms with E-state index in [0.717, 1.165) is 23.2 Å². The molecule has 0 radical (unpaired) electrons. The minimum absolute atomic E-state index is 0.668. The fourth-order valence-corrected chi connectivity index (χ4v) is 3.03. The van der Waals surface area contributed by atoms with Gasteiger partial charge in [-0.25, -0.2) is 0 Å². The molecule has 0 saturated carbocycles. The molecule has 4 nitrogen and oxygen atoms in total. The van der Waals surface area contributed by atoms with Crippen molar-refractivity contribution in [1.29, 1.82) is 0 Å². The number of hydrogen-bond acceptors (Lipinski definition) is 4. The maximum absolute atomic E-state index is 11.1. The first kappa shape index (κ1) is 14.0. The normalized spacial score (nSPS) is 26.2. The van der Waals surface area contributed by atoms with Crippen molar-refractivity contribution in [2.75, 3.05) is 14.1 Å². The molecule has 0 aromatic heterocycles. The van der Waals surface area contributed by atoms with Gasteiger partial charge >= 0.3 is 0 Å². The van der Waals surface area contributed by atoms with Crippen LogP contribution in [0.15, 0.2) is 48.6 Å². The highest BCUT2D eigenvalue weighted by Crippen LogP contribution is 2.43. The minimum Gasteiger partial charge on any atom is -0.453 e. The van der Waals surface area contributed by atoms with E-state index in [9.17, 15) is 5.11 Å². The highest BCUT2D eigenvalue weighted by Gasteiger charge is 2.41. The first-order valence-electron chi connectivity index (χ1n) is 7.17. The van der Waals surface area contributed by atoms with Crippen LogP contribution in [0.5, 0.6) is 0 Å². The maximum Gasteiger partial charge on any atom is 0.274 e. The molecule has 1 heterocycles. The predicted molar refractivity (Wildman–Crippen MR) is 80.0 cm³/mol. The van der Waals surface area contributed by atoms with Crippen molar-refractivity contribution in [3.05, 3.63) is 59.7 Å². The maximum atomic E-state index is 11.1. The summed E-state index contributed by atoms with van der Waals surface area (Å²) in [7, 11) is 4.00. The van der Waals surface area contributed by atoms with Gasteiger partial charge in [-0.3, -0.25) is 0 Å². The molecule has 1 aromatic carbocycles. The van der Waals surface area contributed by atoms with Gasteiger partial charge in [0.25, 0.3) is 5.79 Å². The zero-order chi connectivity index (χ0) is 15.1. The fraction of sp³-hybridized carbons (Fsp3) is 0.412. The van der Waals surface area contributed by atoms with Crippen LogP contribution in [0, 0.1) is 0 Å². The van der Waals surface area contributed by atoms with Crippen LogP contribution < -0.4 is 0 Å². The van der Waals surface area contributed by atoms with Crippen molar-refractivity contribution in [2.24, 2.45) is 0 Å². The molecule has 1 N–H and O–H groups in total. The summed E-state index contributed by atoms with van der Waals surface area (Å²) in [5.74, 6) is -0.874. The van der Waals surface area contributed by atoms with Crippen molar-refractivity contribution in [3.63, 3.8) is 0 Å². The van der Waals surface area contributed by atoms with Gasteiger partial charge in [0.15, 0.2) is 0 Å². The van der Waals surface area contributed by atoms with E-state index < -0.39 is 11.4 Å². The van der Waals surface area contributed by atoms with Gasteiger partial charge < -0.3 is 19.5 Å². The second-order valence-corrected chi connectivity index (χ2v) is 5.95. The second-order valence-electron chi connectivity index (χ2n) is 5.95. The number of nitrogens with zero attached hydrogens (tertiary/aromatic N) is 1. The lowest BCUT2D eigenvalue weighted by Crippen LogP contribution is -2.30. The molecule has 1 aliphatic heterocycles. The Morgan fingerprint density at radius 1 is 1.10 bits per heavy atom. The van der Waals surface area contributed by atoms with Gasteiger partial charge in [0.2, 0.25) is 0 Å². The third-order valence-corrected chi connectivity index (χ3v) is 4.27. The molecule has 112 valence electrons. The lowest BCUT2D eigenvalue weighted by Gasteiger charge is -2.31. The molecule has 0 saturated heterocycles. The summed E-state index contributed by atoms with van der Waals surface area (Å²) in [6, 6.07) is 7.76. The van der Waals surface area contributed by atoms with Gasteiger partial charge in [-0.05, 0) is 24.5 Å². The van der Waals surface area contributed by atoms with E-state index >= 15 is 0 Å². The number of hydrogen-bond donors (Lipinski definition) is 1. The minimum atomic E-state index is -0.978. The summed E-state index contributed by atoms with van der Waals surface area (Å²) >= 11 is 0. The van der Waals surface area contributed by atoms with Crippen LogP contribution in [0.4, 0.5) is 0 Å². The van der Waals surface area contributed by atoms with E-state index in [1.807, 2.05) is 56.3 Å². The third kappa shape index (κ3) is 2.29. The van der Waals surface area contributed by atoms with E-state index in [1.165, 1.54) is 12.5 Å². The van der Waals surface area contributed by atoms with E-state index in [0.29, 0.717) is 6.42 Å². The lowest BCUT2D eigenvalue weighted by atomic mass is 9.86. The molecule has 0 bridgehead atoms. The smallest absolute Gasteiger partial charge is 0.274 e. The Hall–Kier alpha value is -1.94. The quantitative estimate of drug-likeness (QED) is 0.928. The van der Waals surface area contributed by atoms with Crippen LogP contribution in [0.3, 0.4) is 0 Å². The summed E-state index contributed by atoms with van der Waals surface area (Å²) in [5, 5.41) is 11.1. The van der Waals surface area contributed by atoms with E-state index in [2.05, 4.69) is 0 Å². The van der Waals surface area contributed by atoms with Gasteiger partial charge in [-0.2, -0.15) is 0 Å². The molecule has 0 amide bonds. The number of ether oxygens (including phenoxy) is 2. The van der Waals surface area contributed by atoms with Gasteiger partial charge in [-0.15, -0.1) is 0 Å². The van der Waals surface area contributed by atoms with Crippen molar-refractivity contribution in [1.82, 2.24) is 4.90 Å². The molecule has 0 fully saturated rings. The first-order chi connectivity index (χ1) is 9.95. The van der Waals surface area contributed by atoms with Crippen molar-refractivity contribution in [2.45, 2.75) is 31.2 Å². The average Bonchev–Trinajstić information content (AvgIpc) is 3.07. The van der Waals surface area contributed by atoms with Crippen molar-refractivity contribution < 1.29 is 14.6 Å². The molecule has 1 aliphatic carbocycles. The van der Waals surface area contributed by atoms with Crippen LogP contribution in [-0.4, -0.2) is 24.1 Å². The Labute approximate surface area is 125 Å². The summed E-state index contributed by atoms with van der Waals surface area (Å²) in [6.07, 6.45) is 6.54. The Bertz CT molecular complexity index is 598. The largest absolute Gasteiger partial charge is 0.453 e. The van der Waals surface area contributed by atoms with E-state index in [-0.39, 0.29) is 0 Å². The first-order valence-corrected chi connectivity index (χ1v) is 7.17. The number of benzene rings is 1. The Morgan fingerprint density at radius 2 is 1.71 bits per heavy atom. The SMILES string of the molecule is CN(C)C1=CC(O)(c2ccccc2C2(C)OC=CO2)CC1. The zero-order valence-corrected chi connectivity index (χ0v) is 12.7. The molecule has 0 spiro atoms. The summed E-state index contributed by atoms with van der Waals surface area (Å²) in [5.41, 5.74) is 1.86. The number of aliphatic hydroxyl groups is 1. The lowest BCUT2D eigenvalue weighted by molar-refractivity contribution is -0.135. The standard InChI is InChI=1S/C17H21NO3/c1-16(20-10-11-21-16)14-6-4-5-7-15(14)17(19)9-8-13(12-17)18(2)3/h4-7,10-12,19H,8-9H2,1-3H3. The van der Waals surface area contributed by atoms with Crippen LogP contribution in [0.1, 0.15) is 30.9 Å². The monoisotopic (exact) mass is 287 g/mol. The molecular formula is C17H21NO3. The van der Waals surface area contributed by atoms with Crippen molar-refractivity contribution >= 4 is 0 Å². The van der Waals surface area contributed by atoms with E-state index in [1.54, 1.807) is 0 Å². The van der Waals surface area contributed by atoms with Gasteiger partial charge in [0.1, 0.15) is 18.1 Å². The Kier molecular flexibility index (Phi) is 3.21. The van der Waals surface area contributed by atoms with Crippen LogP contribution in [0.25, 0.3) is 0 Å². The summed E-state index contributed by atoms with van der Waals surface area (Å²) < 4.78 is 11.2. The molecular weight excluding hydrogens is 266 g/mol. The zero-order valence-electron chi connectivity index (χ0n) is 12.7. The number of rotatable bonds is 3. The molecule has 2 aliphatic rings. The fourth-order valence-electron chi connectivity index (χ4n) is 3.03. The van der Waals surface area contributed by atoms with Crippen molar-refractivity contribution in [3.8, 4) is 0 Å². The Morgan fingerprint density at radius 3 is 2.29 bits per heavy atom. The molecule has 1 unspecified atom stereocenters. The van der Waals surface area contributed by atoms with Crippen LogP contribution in [-0.2, 0) is 20.9 Å².